The molecule has 0 saturated heterocycles. The van der Waals surface area contributed by atoms with Gasteiger partial charge in [-0.25, -0.2) is 4.79 Å². The topological polar surface area (TPSA) is 274 Å². The third-order valence-electron chi connectivity index (χ3n) is 7.25. The number of nitrogens with zero attached hydrogens (tertiary/aromatic N) is 1. The molecule has 46 heavy (non-hydrogen) atoms. The van der Waals surface area contributed by atoms with E-state index in [1.807, 2.05) is 24.3 Å². The van der Waals surface area contributed by atoms with Crippen LogP contribution in [0.2, 0.25) is 0 Å². The second-order valence-electron chi connectivity index (χ2n) is 10.8. The van der Waals surface area contributed by atoms with E-state index in [4.69, 9.17) is 22.9 Å². The van der Waals surface area contributed by atoms with Gasteiger partial charge in [0.05, 0.1) is 6.04 Å². The largest absolute Gasteiger partial charge is 0.480 e. The lowest BCUT2D eigenvalue weighted by atomic mass is 10.0. The average molecular weight is 636 g/mol. The molecule has 0 saturated carbocycles. The van der Waals surface area contributed by atoms with Gasteiger partial charge in [0.25, 0.3) is 0 Å². The fourth-order valence-electron chi connectivity index (χ4n) is 4.80. The number of aliphatic imine (C=N–C) groups is 1. The van der Waals surface area contributed by atoms with Gasteiger partial charge in [-0.05, 0) is 36.5 Å². The molecule has 0 aliphatic carbocycles. The van der Waals surface area contributed by atoms with Gasteiger partial charge in [-0.15, -0.1) is 0 Å². The van der Waals surface area contributed by atoms with Gasteiger partial charge in [0, 0.05) is 42.9 Å². The molecule has 246 valence electrons. The minimum Gasteiger partial charge on any atom is -0.480 e. The zero-order chi connectivity index (χ0) is 33.6. The van der Waals surface area contributed by atoms with Crippen molar-refractivity contribution in [1.29, 1.82) is 0 Å². The number of carboxylic acid groups (broad SMARTS) is 1. The summed E-state index contributed by atoms with van der Waals surface area (Å²) in [6.45, 7) is 0.167. The van der Waals surface area contributed by atoms with Gasteiger partial charge < -0.3 is 49.0 Å². The van der Waals surface area contributed by atoms with E-state index in [2.05, 4.69) is 25.9 Å². The Hall–Kier alpha value is -5.44. The number of aromatic amines is 1. The molecule has 3 aromatic rings. The van der Waals surface area contributed by atoms with Gasteiger partial charge in [-0.1, -0.05) is 48.5 Å². The van der Waals surface area contributed by atoms with Gasteiger partial charge in [-0.3, -0.25) is 24.2 Å². The van der Waals surface area contributed by atoms with Gasteiger partial charge in [0.1, 0.15) is 18.1 Å². The van der Waals surface area contributed by atoms with E-state index in [0.717, 1.165) is 16.5 Å². The highest BCUT2D eigenvalue weighted by Gasteiger charge is 2.31. The van der Waals surface area contributed by atoms with Crippen molar-refractivity contribution in [3.8, 4) is 0 Å². The van der Waals surface area contributed by atoms with E-state index in [9.17, 15) is 29.1 Å². The fourth-order valence-corrected chi connectivity index (χ4v) is 4.80. The lowest BCUT2D eigenvalue weighted by molar-refractivity contribution is -0.142. The number of aliphatic carboxylic acids is 1. The molecule has 15 heteroatoms. The number of benzene rings is 2. The van der Waals surface area contributed by atoms with Gasteiger partial charge in [0.15, 0.2) is 5.96 Å². The lowest BCUT2D eigenvalue weighted by Gasteiger charge is -2.25. The first-order valence-electron chi connectivity index (χ1n) is 14.8. The number of para-hydroxylation sites is 1. The standard InChI is InChI=1S/C31H41N9O6/c32-21(12-13-26(33)41)27(42)39-24(15-18-7-2-1-3-8-18)28(43)40-25(16-19-17-37-22-10-5-4-9-20(19)22)29(44)38-23(30(45)46)11-6-14-36-31(34)35/h1-5,7-10,17,21,23-25,37H,6,11-16,32H2,(H2,33,41)(H,38,44)(H,39,42)(H,40,43)(H,45,46)(H4,34,35,36). The van der Waals surface area contributed by atoms with Gasteiger partial charge in [-0.2, -0.15) is 0 Å². The Morgan fingerprint density at radius 2 is 1.39 bits per heavy atom. The van der Waals surface area contributed by atoms with Crippen LogP contribution in [-0.4, -0.2) is 76.4 Å². The molecule has 0 aliphatic heterocycles. The molecule has 2 aromatic carbocycles. The van der Waals surface area contributed by atoms with Crippen LogP contribution in [-0.2, 0) is 36.8 Å². The van der Waals surface area contributed by atoms with E-state index < -0.39 is 53.8 Å². The molecule has 4 amide bonds. The Morgan fingerprint density at radius 1 is 0.783 bits per heavy atom. The first-order chi connectivity index (χ1) is 21.9. The summed E-state index contributed by atoms with van der Waals surface area (Å²) in [7, 11) is 0. The molecule has 1 aromatic heterocycles. The first-order valence-corrected chi connectivity index (χ1v) is 14.8. The zero-order valence-corrected chi connectivity index (χ0v) is 25.3. The Morgan fingerprint density at radius 3 is 2.04 bits per heavy atom. The number of carbonyl (C=O) groups is 5. The molecule has 0 bridgehead atoms. The van der Waals surface area contributed by atoms with Gasteiger partial charge >= 0.3 is 5.97 Å². The monoisotopic (exact) mass is 635 g/mol. The predicted octanol–water partition coefficient (Wildman–Crippen LogP) is -0.861. The van der Waals surface area contributed by atoms with Crippen LogP contribution >= 0.6 is 0 Å². The number of amides is 4. The number of guanidine groups is 1. The lowest BCUT2D eigenvalue weighted by Crippen LogP contribution is -2.58. The van der Waals surface area contributed by atoms with Crippen molar-refractivity contribution in [2.24, 2.45) is 27.9 Å². The quantitative estimate of drug-likeness (QED) is 0.0477. The Labute approximate surface area is 265 Å². The molecule has 13 N–H and O–H groups in total. The second-order valence-corrected chi connectivity index (χ2v) is 10.8. The molecule has 0 spiro atoms. The molecule has 0 radical (unpaired) electrons. The van der Waals surface area contributed by atoms with Crippen molar-refractivity contribution in [3.63, 3.8) is 0 Å². The molecule has 3 rings (SSSR count). The Balaban J connectivity index is 1.86. The summed E-state index contributed by atoms with van der Waals surface area (Å²) in [5.41, 5.74) is 24.0. The summed E-state index contributed by atoms with van der Waals surface area (Å²) in [4.78, 5) is 70.5. The second kappa shape index (κ2) is 17.2. The number of fused-ring (bicyclic) bond motifs is 1. The fraction of sp³-hybridized carbons (Fsp3) is 0.355. The summed E-state index contributed by atoms with van der Waals surface area (Å²) in [5.74, 6) is -4.14. The number of hydrogen-bond acceptors (Lipinski definition) is 7. The van der Waals surface area contributed by atoms with E-state index in [1.165, 1.54) is 0 Å². The van der Waals surface area contributed by atoms with E-state index >= 15 is 0 Å². The van der Waals surface area contributed by atoms with Crippen molar-refractivity contribution < 1.29 is 29.1 Å². The van der Waals surface area contributed by atoms with Crippen molar-refractivity contribution >= 4 is 46.5 Å². The average Bonchev–Trinajstić information content (AvgIpc) is 3.43. The predicted molar refractivity (Wildman–Crippen MR) is 172 cm³/mol. The Kier molecular flexibility index (Phi) is 13.1. The summed E-state index contributed by atoms with van der Waals surface area (Å²) in [5, 5.41) is 18.5. The highest BCUT2D eigenvalue weighted by Crippen LogP contribution is 2.19. The Bertz CT molecular complexity index is 1540. The summed E-state index contributed by atoms with van der Waals surface area (Å²) < 4.78 is 0. The van der Waals surface area contributed by atoms with Crippen molar-refractivity contribution in [3.05, 3.63) is 71.9 Å². The highest BCUT2D eigenvalue weighted by atomic mass is 16.4. The van der Waals surface area contributed by atoms with E-state index in [-0.39, 0.29) is 51.0 Å². The number of carbonyl (C=O) groups excluding carboxylic acids is 4. The van der Waals surface area contributed by atoms with Crippen LogP contribution < -0.4 is 38.9 Å². The summed E-state index contributed by atoms with van der Waals surface area (Å²) in [6, 6.07) is 11.5. The number of carboxylic acids is 1. The third-order valence-corrected chi connectivity index (χ3v) is 7.25. The molecule has 0 aliphatic rings. The maximum absolute atomic E-state index is 13.8. The first kappa shape index (κ1) is 35.0. The molecular weight excluding hydrogens is 594 g/mol. The molecule has 0 fully saturated rings. The van der Waals surface area contributed by atoms with Crippen LogP contribution in [0.25, 0.3) is 10.9 Å². The molecule has 1 heterocycles. The number of primary amides is 1. The number of rotatable bonds is 18. The minimum atomic E-state index is -1.29. The number of nitrogens with one attached hydrogen (secondary N) is 4. The number of H-pyrrole nitrogens is 1. The smallest absolute Gasteiger partial charge is 0.326 e. The van der Waals surface area contributed by atoms with E-state index in [1.54, 1.807) is 36.5 Å². The minimum absolute atomic E-state index is 0.00601. The maximum atomic E-state index is 13.8. The SMILES string of the molecule is NC(=O)CCC(N)C(=O)NC(Cc1ccccc1)C(=O)NC(Cc1c[nH]c2ccccc12)C(=O)NC(CCCN=C(N)N)C(=O)O. The molecule has 4 unspecified atom stereocenters. The molecule has 15 nitrogen and oxygen atoms in total. The number of aromatic nitrogens is 1. The van der Waals surface area contributed by atoms with Crippen LogP contribution in [0.5, 0.6) is 0 Å². The normalized spacial score (nSPS) is 13.5. The van der Waals surface area contributed by atoms with E-state index in [0.29, 0.717) is 5.56 Å². The third kappa shape index (κ3) is 10.9. The van der Waals surface area contributed by atoms with Crippen molar-refractivity contribution in [1.82, 2.24) is 20.9 Å². The zero-order valence-electron chi connectivity index (χ0n) is 25.3. The van der Waals surface area contributed by atoms with Crippen LogP contribution in [0, 0.1) is 0 Å². The van der Waals surface area contributed by atoms with Crippen molar-refractivity contribution in [2.45, 2.75) is 62.7 Å². The highest BCUT2D eigenvalue weighted by molar-refractivity contribution is 5.95. The molecule has 4 atom stereocenters. The maximum Gasteiger partial charge on any atom is 0.326 e. The van der Waals surface area contributed by atoms with Crippen LogP contribution in [0.3, 0.4) is 0 Å². The number of hydrogen-bond donors (Lipinski definition) is 9. The number of nitrogens with two attached hydrogens (primary N) is 4. The van der Waals surface area contributed by atoms with Gasteiger partial charge in [0.2, 0.25) is 23.6 Å². The summed E-state index contributed by atoms with van der Waals surface area (Å²) >= 11 is 0. The van der Waals surface area contributed by atoms with Crippen LogP contribution in [0.1, 0.15) is 36.8 Å². The van der Waals surface area contributed by atoms with Crippen LogP contribution in [0.4, 0.5) is 0 Å². The molecular formula is C31H41N9O6. The van der Waals surface area contributed by atoms with Crippen LogP contribution in [0.15, 0.2) is 65.8 Å². The van der Waals surface area contributed by atoms with Crippen molar-refractivity contribution in [2.75, 3.05) is 6.54 Å². The summed E-state index contributed by atoms with van der Waals surface area (Å²) in [6.07, 6.45) is 1.94.